The second-order valence-electron chi connectivity index (χ2n) is 6.69. The zero-order valence-corrected chi connectivity index (χ0v) is 17.0. The third-order valence-electron chi connectivity index (χ3n) is 4.43. The quantitative estimate of drug-likeness (QED) is 0.373. The van der Waals surface area contributed by atoms with Crippen LogP contribution >= 0.6 is 0 Å². The van der Waals surface area contributed by atoms with Crippen LogP contribution in [0.3, 0.4) is 0 Å². The number of amides is 1. The summed E-state index contributed by atoms with van der Waals surface area (Å²) in [5, 5.41) is 6.51. The summed E-state index contributed by atoms with van der Waals surface area (Å²) >= 11 is 0. The third kappa shape index (κ3) is 7.21. The Morgan fingerprint density at radius 1 is 1.22 bits per heavy atom. The van der Waals surface area contributed by atoms with E-state index in [0.717, 1.165) is 50.4 Å². The Balaban J connectivity index is 1.75. The predicted molar refractivity (Wildman–Crippen MR) is 108 cm³/mol. The van der Waals surface area contributed by atoms with Crippen LogP contribution in [0.5, 0.6) is 0 Å². The van der Waals surface area contributed by atoms with Gasteiger partial charge in [0.2, 0.25) is 5.91 Å². The van der Waals surface area contributed by atoms with E-state index in [1.54, 1.807) is 12.1 Å². The van der Waals surface area contributed by atoms with E-state index in [0.29, 0.717) is 24.4 Å². The number of nitrogens with zero attached hydrogens (tertiary/aromatic N) is 2. The Bertz CT molecular complexity index is 745. The number of nitrogens with one attached hydrogen (secondary N) is 2. The lowest BCUT2D eigenvalue weighted by molar-refractivity contribution is -0.127. The molecule has 2 N–H and O–H groups in total. The Kier molecular flexibility index (Phi) is 8.09. The number of likely N-dealkylation sites (tertiary alicyclic amines) is 1. The minimum absolute atomic E-state index is 0.255. The Morgan fingerprint density at radius 2 is 1.96 bits per heavy atom. The monoisotopic (exact) mass is 394 g/mol. The maximum Gasteiger partial charge on any atom is 0.222 e. The highest BCUT2D eigenvalue weighted by atomic mass is 32.2. The summed E-state index contributed by atoms with van der Waals surface area (Å²) in [7, 11) is -3.15. The van der Waals surface area contributed by atoms with Crippen LogP contribution in [0.4, 0.5) is 0 Å². The summed E-state index contributed by atoms with van der Waals surface area (Å²) in [6.45, 7) is 5.81. The van der Waals surface area contributed by atoms with Gasteiger partial charge in [-0.1, -0.05) is 12.1 Å². The van der Waals surface area contributed by atoms with Gasteiger partial charge < -0.3 is 15.5 Å². The van der Waals surface area contributed by atoms with Crippen LogP contribution in [0.1, 0.15) is 31.7 Å². The van der Waals surface area contributed by atoms with E-state index < -0.39 is 9.84 Å². The van der Waals surface area contributed by atoms with Gasteiger partial charge in [-0.3, -0.25) is 9.79 Å². The number of carbonyl (C=O) groups is 1. The first kappa shape index (κ1) is 21.2. The van der Waals surface area contributed by atoms with Gasteiger partial charge in [0.05, 0.1) is 4.90 Å². The van der Waals surface area contributed by atoms with Gasteiger partial charge in [-0.05, 0) is 43.9 Å². The Hall–Kier alpha value is -2.09. The molecule has 1 fully saturated rings. The maximum absolute atomic E-state index is 11.6. The number of hydrogen-bond acceptors (Lipinski definition) is 4. The van der Waals surface area contributed by atoms with E-state index in [9.17, 15) is 13.2 Å². The molecular formula is C19H30N4O3S. The molecule has 1 aliphatic heterocycles. The second kappa shape index (κ2) is 10.3. The van der Waals surface area contributed by atoms with Gasteiger partial charge in [0.1, 0.15) is 0 Å². The summed E-state index contributed by atoms with van der Waals surface area (Å²) in [6, 6.07) is 6.97. The molecule has 1 amide bonds. The average Bonchev–Trinajstić information content (AvgIpc) is 3.03. The van der Waals surface area contributed by atoms with Crippen molar-refractivity contribution in [2.45, 2.75) is 37.5 Å². The van der Waals surface area contributed by atoms with Crippen molar-refractivity contribution in [1.82, 2.24) is 15.5 Å². The lowest BCUT2D eigenvalue weighted by atomic mass is 10.1. The van der Waals surface area contributed by atoms with E-state index in [-0.39, 0.29) is 5.91 Å². The first-order chi connectivity index (χ1) is 12.9. The average molecular weight is 395 g/mol. The fourth-order valence-corrected chi connectivity index (χ4v) is 3.59. The Labute approximate surface area is 162 Å². The van der Waals surface area contributed by atoms with Gasteiger partial charge in [-0.25, -0.2) is 8.42 Å². The molecule has 8 heteroatoms. The van der Waals surface area contributed by atoms with Crippen LogP contribution in [0.2, 0.25) is 0 Å². The van der Waals surface area contributed by atoms with Crippen LogP contribution in [0.15, 0.2) is 34.2 Å². The van der Waals surface area contributed by atoms with Crippen LogP contribution < -0.4 is 10.6 Å². The first-order valence-electron chi connectivity index (χ1n) is 9.49. The van der Waals surface area contributed by atoms with Gasteiger partial charge in [0, 0.05) is 45.4 Å². The van der Waals surface area contributed by atoms with Crippen LogP contribution in [0, 0.1) is 0 Å². The molecule has 27 heavy (non-hydrogen) atoms. The molecule has 1 saturated heterocycles. The summed E-state index contributed by atoms with van der Waals surface area (Å²) in [5.74, 6) is 1.02. The number of benzene rings is 1. The minimum Gasteiger partial charge on any atom is -0.357 e. The molecule has 0 saturated carbocycles. The molecule has 1 aliphatic rings. The molecule has 0 spiro atoms. The van der Waals surface area contributed by atoms with Crippen molar-refractivity contribution in [1.29, 1.82) is 0 Å². The van der Waals surface area contributed by atoms with Crippen molar-refractivity contribution in [3.05, 3.63) is 29.8 Å². The number of carbonyl (C=O) groups excluding carboxylic acids is 1. The lowest BCUT2D eigenvalue weighted by Gasteiger charge is -2.15. The summed E-state index contributed by atoms with van der Waals surface area (Å²) in [4.78, 5) is 18.4. The molecule has 0 bridgehead atoms. The van der Waals surface area contributed by atoms with Crippen molar-refractivity contribution in [2.75, 3.05) is 39.0 Å². The van der Waals surface area contributed by atoms with E-state index in [4.69, 9.17) is 0 Å². The van der Waals surface area contributed by atoms with Crippen LogP contribution in [-0.4, -0.2) is 64.2 Å². The van der Waals surface area contributed by atoms with Crippen molar-refractivity contribution in [3.8, 4) is 0 Å². The molecule has 0 atom stereocenters. The highest BCUT2D eigenvalue weighted by Crippen LogP contribution is 2.11. The molecule has 1 heterocycles. The first-order valence-corrected chi connectivity index (χ1v) is 11.4. The second-order valence-corrected chi connectivity index (χ2v) is 8.71. The maximum atomic E-state index is 11.6. The fraction of sp³-hybridized carbons (Fsp3) is 0.579. The molecule has 2 rings (SSSR count). The van der Waals surface area contributed by atoms with E-state index >= 15 is 0 Å². The zero-order chi connectivity index (χ0) is 19.7. The lowest BCUT2D eigenvalue weighted by Crippen LogP contribution is -2.38. The standard InChI is InChI=1S/C19H30N4O3S/c1-3-20-19(21-12-5-15-23-14-4-6-18(23)24)22-13-11-16-7-9-17(10-8-16)27(2,25)26/h7-10H,3-6,11-15H2,1-2H3,(H2,20,21,22). The summed E-state index contributed by atoms with van der Waals surface area (Å²) in [6.07, 6.45) is 4.49. The van der Waals surface area contributed by atoms with Gasteiger partial charge >= 0.3 is 0 Å². The summed E-state index contributed by atoms with van der Waals surface area (Å²) in [5.41, 5.74) is 1.07. The highest BCUT2D eigenvalue weighted by molar-refractivity contribution is 7.90. The fourth-order valence-electron chi connectivity index (χ4n) is 2.96. The smallest absolute Gasteiger partial charge is 0.222 e. The SMILES string of the molecule is CCNC(=NCCCN1CCCC1=O)NCCc1ccc(S(C)(=O)=O)cc1. The number of sulfone groups is 1. The Morgan fingerprint density at radius 3 is 2.56 bits per heavy atom. The predicted octanol–water partition coefficient (Wildman–Crippen LogP) is 1.20. The topological polar surface area (TPSA) is 90.9 Å². The van der Waals surface area contributed by atoms with E-state index in [1.165, 1.54) is 6.26 Å². The molecule has 0 aliphatic carbocycles. The van der Waals surface area contributed by atoms with Crippen molar-refractivity contribution < 1.29 is 13.2 Å². The molecule has 7 nitrogen and oxygen atoms in total. The van der Waals surface area contributed by atoms with Crippen molar-refractivity contribution >= 4 is 21.7 Å². The van der Waals surface area contributed by atoms with E-state index in [1.807, 2.05) is 24.0 Å². The molecule has 150 valence electrons. The molecule has 0 aromatic heterocycles. The highest BCUT2D eigenvalue weighted by Gasteiger charge is 2.18. The minimum atomic E-state index is -3.15. The molecule has 1 aromatic carbocycles. The van der Waals surface area contributed by atoms with E-state index in [2.05, 4.69) is 15.6 Å². The largest absolute Gasteiger partial charge is 0.357 e. The normalized spacial score (nSPS) is 15.3. The van der Waals surface area contributed by atoms with Crippen LogP contribution in [-0.2, 0) is 21.1 Å². The van der Waals surface area contributed by atoms with Gasteiger partial charge in [-0.2, -0.15) is 0 Å². The van der Waals surface area contributed by atoms with Crippen LogP contribution in [0.25, 0.3) is 0 Å². The third-order valence-corrected chi connectivity index (χ3v) is 5.56. The van der Waals surface area contributed by atoms with Gasteiger partial charge in [0.15, 0.2) is 15.8 Å². The van der Waals surface area contributed by atoms with Gasteiger partial charge in [-0.15, -0.1) is 0 Å². The van der Waals surface area contributed by atoms with Gasteiger partial charge in [0.25, 0.3) is 0 Å². The zero-order valence-electron chi connectivity index (χ0n) is 16.2. The van der Waals surface area contributed by atoms with Crippen molar-refractivity contribution in [2.24, 2.45) is 4.99 Å². The number of aliphatic imine (C=N–C) groups is 1. The molecule has 1 aromatic rings. The number of guanidine groups is 1. The number of rotatable bonds is 9. The molecular weight excluding hydrogens is 364 g/mol. The number of hydrogen-bond donors (Lipinski definition) is 2. The summed E-state index contributed by atoms with van der Waals surface area (Å²) < 4.78 is 23.0. The molecule has 0 unspecified atom stereocenters. The van der Waals surface area contributed by atoms with Crippen molar-refractivity contribution in [3.63, 3.8) is 0 Å². The molecule has 0 radical (unpaired) electrons.